The van der Waals surface area contributed by atoms with E-state index in [1.807, 2.05) is 0 Å². The van der Waals surface area contributed by atoms with Crippen LogP contribution in [0.5, 0.6) is 0 Å². The van der Waals surface area contributed by atoms with Gasteiger partial charge in [-0.15, -0.1) is 0 Å². The van der Waals surface area contributed by atoms with Crippen LogP contribution in [0.25, 0.3) is 0 Å². The van der Waals surface area contributed by atoms with Gasteiger partial charge in [0.15, 0.2) is 0 Å². The number of hydrogen-bond acceptors (Lipinski definition) is 2. The highest BCUT2D eigenvalue weighted by molar-refractivity contribution is 5.78. The smallest absolute Gasteiger partial charge is 0.234 e. The van der Waals surface area contributed by atoms with Crippen molar-refractivity contribution in [2.24, 2.45) is 5.92 Å². The Hall–Kier alpha value is -0.570. The Labute approximate surface area is 86.6 Å². The third-order valence-corrected chi connectivity index (χ3v) is 2.50. The second-order valence-corrected chi connectivity index (χ2v) is 4.32. The van der Waals surface area contributed by atoms with Crippen molar-refractivity contribution in [2.75, 3.05) is 13.1 Å². The van der Waals surface area contributed by atoms with Crippen LogP contribution in [-0.4, -0.2) is 25.0 Å². The molecule has 1 fully saturated rings. The Bertz CT molecular complexity index is 178. The molecule has 0 aliphatic heterocycles. The maximum atomic E-state index is 11.4. The van der Waals surface area contributed by atoms with Gasteiger partial charge in [-0.1, -0.05) is 19.8 Å². The van der Waals surface area contributed by atoms with E-state index in [4.69, 9.17) is 0 Å². The van der Waals surface area contributed by atoms with E-state index in [0.29, 0.717) is 12.6 Å². The molecule has 3 nitrogen and oxygen atoms in total. The highest BCUT2D eigenvalue weighted by atomic mass is 16.1. The van der Waals surface area contributed by atoms with Crippen LogP contribution in [-0.2, 0) is 4.79 Å². The monoisotopic (exact) mass is 198 g/mol. The Morgan fingerprint density at radius 1 is 1.50 bits per heavy atom. The molecule has 1 amide bonds. The summed E-state index contributed by atoms with van der Waals surface area (Å²) in [4.78, 5) is 11.4. The fourth-order valence-corrected chi connectivity index (χ4v) is 1.62. The average Bonchev–Trinajstić information content (AvgIpc) is 2.88. The van der Waals surface area contributed by atoms with Gasteiger partial charge in [0.2, 0.25) is 5.91 Å². The molecule has 1 aliphatic rings. The summed E-state index contributed by atoms with van der Waals surface area (Å²) in [5.74, 6) is 1.01. The third kappa shape index (κ3) is 5.22. The zero-order valence-electron chi connectivity index (χ0n) is 9.31. The van der Waals surface area contributed by atoms with E-state index in [-0.39, 0.29) is 5.91 Å². The van der Waals surface area contributed by atoms with Gasteiger partial charge in [0.25, 0.3) is 0 Å². The van der Waals surface area contributed by atoms with Crippen molar-refractivity contribution in [3.8, 4) is 0 Å². The largest absolute Gasteiger partial charge is 0.353 e. The molecule has 1 aliphatic carbocycles. The molecule has 1 unspecified atom stereocenters. The number of nitrogens with one attached hydrogen (secondary N) is 2. The highest BCUT2D eigenvalue weighted by Gasteiger charge is 2.23. The molecule has 0 aromatic rings. The summed E-state index contributed by atoms with van der Waals surface area (Å²) in [7, 11) is 0. The van der Waals surface area contributed by atoms with Gasteiger partial charge in [-0.2, -0.15) is 0 Å². The molecule has 0 bridgehead atoms. The van der Waals surface area contributed by atoms with Crippen molar-refractivity contribution >= 4 is 5.91 Å². The summed E-state index contributed by atoms with van der Waals surface area (Å²) in [6, 6.07) is 0.346. The second-order valence-electron chi connectivity index (χ2n) is 4.32. The number of hydrogen-bond donors (Lipinski definition) is 2. The van der Waals surface area contributed by atoms with E-state index in [1.165, 1.54) is 12.8 Å². The first-order valence-electron chi connectivity index (χ1n) is 5.72. The lowest BCUT2D eigenvalue weighted by Crippen LogP contribution is -2.39. The number of rotatable bonds is 7. The SMILES string of the molecule is CCCNCC(=O)NC(C)CC1CC1. The van der Waals surface area contributed by atoms with E-state index in [9.17, 15) is 4.79 Å². The topological polar surface area (TPSA) is 41.1 Å². The minimum Gasteiger partial charge on any atom is -0.353 e. The van der Waals surface area contributed by atoms with Gasteiger partial charge in [0.1, 0.15) is 0 Å². The molecule has 3 heteroatoms. The first kappa shape index (κ1) is 11.5. The maximum absolute atomic E-state index is 11.4. The molecule has 1 atom stereocenters. The minimum atomic E-state index is 0.131. The van der Waals surface area contributed by atoms with Crippen LogP contribution in [0.2, 0.25) is 0 Å². The molecule has 0 spiro atoms. The van der Waals surface area contributed by atoms with Crippen molar-refractivity contribution in [3.05, 3.63) is 0 Å². The van der Waals surface area contributed by atoms with Gasteiger partial charge < -0.3 is 10.6 Å². The maximum Gasteiger partial charge on any atom is 0.234 e. The summed E-state index contributed by atoms with van der Waals surface area (Å²) in [6.07, 6.45) is 4.94. The molecule has 0 heterocycles. The Balaban J connectivity index is 1.99. The Morgan fingerprint density at radius 3 is 2.79 bits per heavy atom. The van der Waals surface area contributed by atoms with Crippen molar-refractivity contribution in [1.29, 1.82) is 0 Å². The normalized spacial score (nSPS) is 17.9. The third-order valence-electron chi connectivity index (χ3n) is 2.50. The summed E-state index contributed by atoms with van der Waals surface area (Å²) in [5.41, 5.74) is 0. The lowest BCUT2D eigenvalue weighted by Gasteiger charge is -2.13. The Kier molecular flexibility index (Phi) is 4.94. The van der Waals surface area contributed by atoms with Gasteiger partial charge in [-0.25, -0.2) is 0 Å². The summed E-state index contributed by atoms with van der Waals surface area (Å²) in [6.45, 7) is 5.57. The van der Waals surface area contributed by atoms with Crippen LogP contribution in [0.3, 0.4) is 0 Å². The molecule has 0 aromatic carbocycles. The molecule has 2 N–H and O–H groups in total. The summed E-state index contributed by atoms with van der Waals surface area (Å²) in [5, 5.41) is 6.11. The summed E-state index contributed by atoms with van der Waals surface area (Å²) < 4.78 is 0. The lowest BCUT2D eigenvalue weighted by atomic mass is 10.1. The lowest BCUT2D eigenvalue weighted by molar-refractivity contribution is -0.120. The van der Waals surface area contributed by atoms with Crippen LogP contribution in [0.15, 0.2) is 0 Å². The number of carbonyl (C=O) groups is 1. The Morgan fingerprint density at radius 2 is 2.21 bits per heavy atom. The molecule has 1 saturated carbocycles. The van der Waals surface area contributed by atoms with Crippen molar-refractivity contribution in [1.82, 2.24) is 10.6 Å². The second kappa shape index (κ2) is 6.02. The van der Waals surface area contributed by atoms with Crippen LogP contribution in [0.4, 0.5) is 0 Å². The van der Waals surface area contributed by atoms with Crippen molar-refractivity contribution in [2.45, 2.75) is 45.6 Å². The highest BCUT2D eigenvalue weighted by Crippen LogP contribution is 2.33. The van der Waals surface area contributed by atoms with Gasteiger partial charge in [-0.05, 0) is 32.2 Å². The fourth-order valence-electron chi connectivity index (χ4n) is 1.62. The van der Waals surface area contributed by atoms with E-state index < -0.39 is 0 Å². The molecular weight excluding hydrogens is 176 g/mol. The zero-order valence-corrected chi connectivity index (χ0v) is 9.31. The first-order chi connectivity index (χ1) is 6.72. The van der Waals surface area contributed by atoms with E-state index in [0.717, 1.165) is 25.3 Å². The van der Waals surface area contributed by atoms with Crippen LogP contribution in [0, 0.1) is 5.92 Å². The number of carbonyl (C=O) groups excluding carboxylic acids is 1. The van der Waals surface area contributed by atoms with Crippen molar-refractivity contribution in [3.63, 3.8) is 0 Å². The zero-order chi connectivity index (χ0) is 10.4. The van der Waals surface area contributed by atoms with Crippen LogP contribution in [0.1, 0.15) is 39.5 Å². The van der Waals surface area contributed by atoms with Gasteiger partial charge >= 0.3 is 0 Å². The number of amides is 1. The van der Waals surface area contributed by atoms with Crippen LogP contribution >= 0.6 is 0 Å². The first-order valence-corrected chi connectivity index (χ1v) is 5.72. The average molecular weight is 198 g/mol. The van der Waals surface area contributed by atoms with E-state index in [1.54, 1.807) is 0 Å². The van der Waals surface area contributed by atoms with Gasteiger partial charge in [0, 0.05) is 6.04 Å². The standard InChI is InChI=1S/C11H22N2O/c1-3-6-12-8-11(14)13-9(2)7-10-4-5-10/h9-10,12H,3-8H2,1-2H3,(H,13,14). The molecular formula is C11H22N2O. The van der Waals surface area contributed by atoms with Gasteiger partial charge in [-0.3, -0.25) is 4.79 Å². The predicted molar refractivity (Wildman–Crippen MR) is 58.1 cm³/mol. The quantitative estimate of drug-likeness (QED) is 0.605. The summed E-state index contributed by atoms with van der Waals surface area (Å²) >= 11 is 0. The molecule has 0 aromatic heterocycles. The molecule has 82 valence electrons. The van der Waals surface area contributed by atoms with Crippen LogP contribution < -0.4 is 10.6 Å². The minimum absolute atomic E-state index is 0.131. The molecule has 0 saturated heterocycles. The van der Waals surface area contributed by atoms with E-state index in [2.05, 4.69) is 24.5 Å². The molecule has 1 rings (SSSR count). The predicted octanol–water partition coefficient (Wildman–Crippen LogP) is 1.29. The fraction of sp³-hybridized carbons (Fsp3) is 0.909. The van der Waals surface area contributed by atoms with Gasteiger partial charge in [0.05, 0.1) is 6.54 Å². The van der Waals surface area contributed by atoms with E-state index >= 15 is 0 Å². The van der Waals surface area contributed by atoms with Crippen molar-refractivity contribution < 1.29 is 4.79 Å². The molecule has 0 radical (unpaired) electrons. The molecule has 14 heavy (non-hydrogen) atoms.